The lowest BCUT2D eigenvalue weighted by atomic mass is 10.2. The van der Waals surface area contributed by atoms with Gasteiger partial charge in [-0.15, -0.1) is 5.10 Å². The quantitative estimate of drug-likeness (QED) is 0.489. The largest absolute Gasteiger partial charge is 0.489 e. The van der Waals surface area contributed by atoms with Crippen molar-refractivity contribution in [2.45, 2.75) is 18.3 Å². The molecule has 1 fully saturated rings. The summed E-state index contributed by atoms with van der Waals surface area (Å²) in [5.41, 5.74) is 1.69. The Balaban J connectivity index is 1.53. The number of hydrogen-bond acceptors (Lipinski definition) is 6. The average Bonchev–Trinajstić information content (AvgIpc) is 3.02. The zero-order valence-corrected chi connectivity index (χ0v) is 17.2. The third kappa shape index (κ3) is 6.22. The van der Waals surface area contributed by atoms with E-state index < -0.39 is 11.2 Å². The van der Waals surface area contributed by atoms with Gasteiger partial charge in [-0.3, -0.25) is 9.59 Å². The number of halogens is 2. The van der Waals surface area contributed by atoms with Gasteiger partial charge in [0.05, 0.1) is 22.7 Å². The highest BCUT2D eigenvalue weighted by atomic mass is 35.5. The molecule has 2 N–H and O–H groups in total. The number of nitrogens with zero attached hydrogens (tertiary/aromatic N) is 2. The van der Waals surface area contributed by atoms with E-state index in [4.69, 9.17) is 33.0 Å². The monoisotopic (exact) mass is 451 g/mol. The third-order valence-electron chi connectivity index (χ3n) is 3.76. The maximum atomic E-state index is 11.6. The molecule has 0 saturated carbocycles. The molecule has 2 aromatic rings. The highest BCUT2D eigenvalue weighted by molar-refractivity contribution is 8.15. The molecule has 7 nitrogen and oxygen atoms in total. The minimum Gasteiger partial charge on any atom is -0.489 e. The Kier molecular flexibility index (Phi) is 7.13. The van der Waals surface area contributed by atoms with Gasteiger partial charge < -0.3 is 15.2 Å². The van der Waals surface area contributed by atoms with Crippen LogP contribution in [0.15, 0.2) is 52.7 Å². The molecule has 2 aromatic carbocycles. The highest BCUT2D eigenvalue weighted by Gasteiger charge is 2.32. The van der Waals surface area contributed by atoms with Crippen molar-refractivity contribution in [1.29, 1.82) is 0 Å². The van der Waals surface area contributed by atoms with Crippen LogP contribution < -0.4 is 10.1 Å². The Morgan fingerprint density at radius 3 is 2.66 bits per heavy atom. The van der Waals surface area contributed by atoms with Gasteiger partial charge in [-0.05, 0) is 47.5 Å². The summed E-state index contributed by atoms with van der Waals surface area (Å²) in [5, 5.41) is 19.7. The van der Waals surface area contributed by atoms with Gasteiger partial charge >= 0.3 is 5.97 Å². The van der Waals surface area contributed by atoms with Gasteiger partial charge in [-0.25, -0.2) is 0 Å². The Hall–Kier alpha value is -2.55. The summed E-state index contributed by atoms with van der Waals surface area (Å²) in [6, 6.07) is 12.5. The summed E-state index contributed by atoms with van der Waals surface area (Å²) in [4.78, 5) is 22.3. The van der Waals surface area contributed by atoms with E-state index in [1.165, 1.54) is 6.21 Å². The number of aliphatic carboxylic acids is 1. The van der Waals surface area contributed by atoms with Gasteiger partial charge in [-0.2, -0.15) is 5.10 Å². The molecule has 0 bridgehead atoms. The van der Waals surface area contributed by atoms with Crippen molar-refractivity contribution in [2.75, 3.05) is 0 Å². The number of amides is 1. The molecule has 1 amide bonds. The number of thioether (sulfide) groups is 1. The van der Waals surface area contributed by atoms with Crippen molar-refractivity contribution in [3.8, 4) is 5.75 Å². The lowest BCUT2D eigenvalue weighted by Crippen LogP contribution is -2.26. The Bertz CT molecular complexity index is 980. The molecule has 0 unspecified atom stereocenters. The predicted molar refractivity (Wildman–Crippen MR) is 114 cm³/mol. The fourth-order valence-corrected chi connectivity index (χ4v) is 3.58. The molecule has 150 valence electrons. The van der Waals surface area contributed by atoms with Crippen LogP contribution in [0.1, 0.15) is 17.5 Å². The highest BCUT2D eigenvalue weighted by Crippen LogP contribution is 2.24. The molecular weight excluding hydrogens is 437 g/mol. The van der Waals surface area contributed by atoms with Gasteiger partial charge in [-0.1, -0.05) is 41.0 Å². The number of amidine groups is 1. The van der Waals surface area contributed by atoms with Crippen LogP contribution in [0, 0.1) is 0 Å². The summed E-state index contributed by atoms with van der Waals surface area (Å²) < 4.78 is 5.71. The van der Waals surface area contributed by atoms with Crippen LogP contribution in [0.2, 0.25) is 10.0 Å². The Morgan fingerprint density at radius 2 is 1.97 bits per heavy atom. The van der Waals surface area contributed by atoms with Crippen LogP contribution in [0.3, 0.4) is 0 Å². The zero-order valence-electron chi connectivity index (χ0n) is 14.8. The molecule has 1 heterocycles. The van der Waals surface area contributed by atoms with Crippen molar-refractivity contribution < 1.29 is 19.4 Å². The smallest absolute Gasteiger partial charge is 0.305 e. The molecule has 0 radical (unpaired) electrons. The van der Waals surface area contributed by atoms with Crippen LogP contribution in [0.4, 0.5) is 0 Å². The number of carbonyl (C=O) groups excluding carboxylic acids is 1. The minimum atomic E-state index is -1.04. The number of carbonyl (C=O) groups is 2. The van der Waals surface area contributed by atoms with Crippen LogP contribution in [0.5, 0.6) is 5.75 Å². The summed E-state index contributed by atoms with van der Waals surface area (Å²) in [7, 11) is 0. The van der Waals surface area contributed by atoms with E-state index in [-0.39, 0.29) is 17.5 Å². The van der Waals surface area contributed by atoms with Gasteiger partial charge in [0.15, 0.2) is 5.17 Å². The fourth-order valence-electron chi connectivity index (χ4n) is 2.34. The van der Waals surface area contributed by atoms with E-state index in [9.17, 15) is 9.59 Å². The molecular formula is C19H15Cl2N3O4S. The summed E-state index contributed by atoms with van der Waals surface area (Å²) in [5.74, 6) is -0.742. The number of nitrogens with one attached hydrogen (secondary N) is 1. The molecule has 10 heteroatoms. The molecule has 0 aromatic heterocycles. The second-order valence-electron chi connectivity index (χ2n) is 5.95. The van der Waals surface area contributed by atoms with E-state index in [2.05, 4.69) is 15.5 Å². The molecule has 1 atom stereocenters. The second kappa shape index (κ2) is 9.78. The van der Waals surface area contributed by atoms with Crippen LogP contribution >= 0.6 is 35.0 Å². The van der Waals surface area contributed by atoms with Crippen LogP contribution in [-0.4, -0.2) is 33.6 Å². The molecule has 0 spiro atoms. The topological polar surface area (TPSA) is 100 Å². The van der Waals surface area contributed by atoms with Crippen molar-refractivity contribution in [3.63, 3.8) is 0 Å². The first-order valence-electron chi connectivity index (χ1n) is 8.38. The summed E-state index contributed by atoms with van der Waals surface area (Å²) in [6.07, 6.45) is 1.26. The van der Waals surface area contributed by atoms with E-state index in [1.54, 1.807) is 24.3 Å². The van der Waals surface area contributed by atoms with Gasteiger partial charge in [0.25, 0.3) is 0 Å². The van der Waals surface area contributed by atoms with E-state index in [1.807, 2.05) is 18.2 Å². The first kappa shape index (κ1) is 21.2. The number of carboxylic acid groups (broad SMARTS) is 1. The molecule has 1 aliphatic rings. The maximum Gasteiger partial charge on any atom is 0.305 e. The maximum absolute atomic E-state index is 11.6. The number of ether oxygens (including phenoxy) is 1. The second-order valence-corrected chi connectivity index (χ2v) is 7.96. The Labute approximate surface area is 180 Å². The lowest BCUT2D eigenvalue weighted by molar-refractivity contribution is -0.138. The molecule has 1 saturated heterocycles. The minimum absolute atomic E-state index is 0.261. The van der Waals surface area contributed by atoms with Crippen molar-refractivity contribution in [1.82, 2.24) is 5.32 Å². The summed E-state index contributed by atoms with van der Waals surface area (Å²) >= 11 is 12.9. The van der Waals surface area contributed by atoms with E-state index in [0.29, 0.717) is 22.4 Å². The number of benzene rings is 2. The zero-order chi connectivity index (χ0) is 20.8. The predicted octanol–water partition coefficient (Wildman–Crippen LogP) is 3.97. The van der Waals surface area contributed by atoms with Crippen LogP contribution in [0.25, 0.3) is 0 Å². The SMILES string of the molecule is O=C(O)C[C@@H]1S/C(=N\N=C/c2ccc(OCc3ccc(Cl)c(Cl)c3)cc2)NC1=O. The number of hydrogen-bond donors (Lipinski definition) is 2. The molecule has 1 aliphatic heterocycles. The number of carboxylic acids is 1. The van der Waals surface area contributed by atoms with Gasteiger partial charge in [0.2, 0.25) is 5.91 Å². The standard InChI is InChI=1S/C19H15Cl2N3O4S/c20-14-6-3-12(7-15(14)21)10-28-13-4-1-11(2-5-13)9-22-24-19-23-18(27)16(29-19)8-17(25)26/h1-7,9,16H,8,10H2,(H,25,26)(H,23,24,27)/b22-9-/t16-/m0/s1. The van der Waals surface area contributed by atoms with E-state index in [0.717, 1.165) is 22.9 Å². The molecule has 3 rings (SSSR count). The first-order valence-corrected chi connectivity index (χ1v) is 10.0. The normalized spacial score (nSPS) is 17.7. The van der Waals surface area contributed by atoms with E-state index >= 15 is 0 Å². The Morgan fingerprint density at radius 1 is 1.21 bits per heavy atom. The number of rotatable bonds is 7. The average molecular weight is 452 g/mol. The molecule has 0 aliphatic carbocycles. The third-order valence-corrected chi connectivity index (χ3v) is 5.57. The fraction of sp³-hybridized carbons (Fsp3) is 0.158. The van der Waals surface area contributed by atoms with Gasteiger partial charge in [0, 0.05) is 0 Å². The van der Waals surface area contributed by atoms with Crippen LogP contribution in [-0.2, 0) is 16.2 Å². The van der Waals surface area contributed by atoms with Crippen molar-refractivity contribution in [3.05, 3.63) is 63.6 Å². The molecule has 29 heavy (non-hydrogen) atoms. The van der Waals surface area contributed by atoms with Crippen molar-refractivity contribution >= 4 is 58.2 Å². The van der Waals surface area contributed by atoms with Gasteiger partial charge in [0.1, 0.15) is 17.6 Å². The summed E-state index contributed by atoms with van der Waals surface area (Å²) in [6.45, 7) is 0.354. The first-order chi connectivity index (χ1) is 13.9. The van der Waals surface area contributed by atoms with Crippen molar-refractivity contribution in [2.24, 2.45) is 10.2 Å². The lowest BCUT2D eigenvalue weighted by Gasteiger charge is -2.07.